The van der Waals surface area contributed by atoms with Gasteiger partial charge in [-0.3, -0.25) is 4.79 Å². The lowest BCUT2D eigenvalue weighted by Crippen LogP contribution is -2.34. The van der Waals surface area contributed by atoms with Crippen LogP contribution >= 0.6 is 10.7 Å². The molecule has 1 heterocycles. The Labute approximate surface area is 143 Å². The number of halogens is 1. The third-order valence-electron chi connectivity index (χ3n) is 3.64. The Morgan fingerprint density at radius 3 is 2.08 bits per heavy atom. The topological polar surface area (TPSA) is 80.8 Å². The number of nitrogens with zero attached hydrogens (tertiary/aromatic N) is 1. The van der Waals surface area contributed by atoms with E-state index in [0.29, 0.717) is 15.4 Å². The largest absolute Gasteiger partial charge is 0.434 e. The molecule has 1 aliphatic heterocycles. The van der Waals surface area contributed by atoms with Crippen molar-refractivity contribution in [2.75, 3.05) is 0 Å². The number of Topliss-reactive ketones (excluding diaryl/α,β-unsaturated/α-hetero) is 1. The zero-order valence-electron chi connectivity index (χ0n) is 12.2. The number of rotatable bonds is 4. The quantitative estimate of drug-likeness (QED) is 0.614. The normalized spacial score (nSPS) is 20.7. The van der Waals surface area contributed by atoms with Gasteiger partial charge in [0.15, 0.2) is 6.10 Å². The Hall–Kier alpha value is -2.38. The summed E-state index contributed by atoms with van der Waals surface area (Å²) in [7, 11) is 0.962. The first-order valence-electron chi connectivity index (χ1n) is 6.98. The summed E-state index contributed by atoms with van der Waals surface area (Å²) in [6.45, 7) is 0. The average Bonchev–Trinajstić information content (AvgIpc) is 2.93. The molecule has 3 rings (SSSR count). The Morgan fingerprint density at radius 1 is 1.00 bits per heavy atom. The van der Waals surface area contributed by atoms with Crippen LogP contribution in [0.3, 0.4) is 0 Å². The van der Waals surface area contributed by atoms with Gasteiger partial charge in [-0.2, -0.15) is 12.7 Å². The van der Waals surface area contributed by atoms with Crippen molar-refractivity contribution >= 4 is 31.8 Å². The Morgan fingerprint density at radius 2 is 1.54 bits per heavy atom. The maximum absolute atomic E-state index is 12.7. The summed E-state index contributed by atoms with van der Waals surface area (Å²) in [5.41, 5.74) is 0.743. The monoisotopic (exact) mass is 365 g/mol. The number of ether oxygens (including phenoxy) is 1. The van der Waals surface area contributed by atoms with Crippen LogP contribution in [0.25, 0.3) is 0 Å². The fourth-order valence-corrected chi connectivity index (χ4v) is 3.76. The van der Waals surface area contributed by atoms with Gasteiger partial charge in [-0.25, -0.2) is 4.79 Å². The zero-order chi connectivity index (χ0) is 17.3. The van der Waals surface area contributed by atoms with Crippen molar-refractivity contribution in [2.45, 2.75) is 12.1 Å². The molecule has 1 aliphatic rings. The fraction of sp³-hybridized carbons (Fsp3) is 0.125. The van der Waals surface area contributed by atoms with Gasteiger partial charge in [0.2, 0.25) is 5.78 Å². The number of carbonyl (C=O) groups is 2. The molecule has 8 heteroatoms. The van der Waals surface area contributed by atoms with Crippen molar-refractivity contribution < 1.29 is 22.7 Å². The first-order valence-corrected chi connectivity index (χ1v) is 9.25. The molecule has 124 valence electrons. The lowest BCUT2D eigenvalue weighted by molar-refractivity contribution is 0.0721. The van der Waals surface area contributed by atoms with Crippen LogP contribution in [0.5, 0.6) is 0 Å². The number of ketones is 1. The maximum atomic E-state index is 12.7. The van der Waals surface area contributed by atoms with Crippen LogP contribution in [0.4, 0.5) is 4.79 Å². The second kappa shape index (κ2) is 6.26. The lowest BCUT2D eigenvalue weighted by atomic mass is 9.96. The molecular formula is C16H12ClNO5S. The minimum Gasteiger partial charge on any atom is -0.434 e. The maximum Gasteiger partial charge on any atom is 0.426 e. The molecule has 0 saturated carbocycles. The number of benzene rings is 2. The van der Waals surface area contributed by atoms with Crippen molar-refractivity contribution in [1.82, 2.24) is 4.31 Å². The van der Waals surface area contributed by atoms with Crippen LogP contribution in [0, 0.1) is 0 Å². The van der Waals surface area contributed by atoms with E-state index in [4.69, 9.17) is 15.4 Å². The summed E-state index contributed by atoms with van der Waals surface area (Å²) < 4.78 is 29.1. The molecular weight excluding hydrogens is 354 g/mol. The molecule has 2 atom stereocenters. The van der Waals surface area contributed by atoms with Gasteiger partial charge in [0.25, 0.3) is 0 Å². The van der Waals surface area contributed by atoms with Crippen LogP contribution in [-0.2, 0) is 14.0 Å². The summed E-state index contributed by atoms with van der Waals surface area (Å²) in [6.07, 6.45) is -2.48. The molecule has 0 aromatic heterocycles. The van der Waals surface area contributed by atoms with Gasteiger partial charge >= 0.3 is 15.3 Å². The predicted molar refractivity (Wildman–Crippen MR) is 86.8 cm³/mol. The third-order valence-corrected chi connectivity index (χ3v) is 4.93. The molecule has 0 unspecified atom stereocenters. The van der Waals surface area contributed by atoms with Gasteiger partial charge in [0.1, 0.15) is 6.04 Å². The van der Waals surface area contributed by atoms with Gasteiger partial charge < -0.3 is 4.74 Å². The molecule has 2 aromatic carbocycles. The van der Waals surface area contributed by atoms with Gasteiger partial charge in [-0.1, -0.05) is 60.7 Å². The summed E-state index contributed by atoms with van der Waals surface area (Å²) in [6, 6.07) is 15.3. The van der Waals surface area contributed by atoms with E-state index >= 15 is 0 Å². The Kier molecular flexibility index (Phi) is 4.29. The summed E-state index contributed by atoms with van der Waals surface area (Å²) in [4.78, 5) is 24.7. The van der Waals surface area contributed by atoms with Crippen LogP contribution in [0.15, 0.2) is 60.7 Å². The number of cyclic esters (lactones) is 1. The van der Waals surface area contributed by atoms with E-state index in [2.05, 4.69) is 0 Å². The molecule has 2 aromatic rings. The second-order valence-electron chi connectivity index (χ2n) is 5.13. The zero-order valence-corrected chi connectivity index (χ0v) is 13.8. The Balaban J connectivity index is 2.08. The standard InChI is InChI=1S/C16H12ClNO5S/c17-24(21,22)18-13(11-7-3-1-4-8-11)15(23-16(18)20)14(19)12-9-5-2-6-10-12/h1-10,13,15H/t13-,15+/m1/s1. The van der Waals surface area contributed by atoms with Crippen molar-refractivity contribution in [3.05, 3.63) is 71.8 Å². The van der Waals surface area contributed by atoms with Crippen LogP contribution in [0.2, 0.25) is 0 Å². The van der Waals surface area contributed by atoms with E-state index in [-0.39, 0.29) is 0 Å². The van der Waals surface area contributed by atoms with Crippen molar-refractivity contribution in [2.24, 2.45) is 0 Å². The van der Waals surface area contributed by atoms with Crippen molar-refractivity contribution in [1.29, 1.82) is 0 Å². The average molecular weight is 366 g/mol. The fourth-order valence-electron chi connectivity index (χ4n) is 2.61. The number of carbonyl (C=O) groups excluding carboxylic acids is 2. The molecule has 0 spiro atoms. The molecule has 0 aliphatic carbocycles. The van der Waals surface area contributed by atoms with E-state index in [0.717, 1.165) is 0 Å². The highest BCUT2D eigenvalue weighted by atomic mass is 35.7. The van der Waals surface area contributed by atoms with Gasteiger partial charge in [-0.05, 0) is 5.56 Å². The first-order chi connectivity index (χ1) is 11.4. The Bertz CT molecular complexity index is 870. The summed E-state index contributed by atoms with van der Waals surface area (Å²) in [5, 5.41) is 0. The van der Waals surface area contributed by atoms with E-state index < -0.39 is 33.3 Å². The molecule has 0 radical (unpaired) electrons. The molecule has 1 saturated heterocycles. The molecule has 0 N–H and O–H groups in total. The number of amides is 1. The van der Waals surface area contributed by atoms with Gasteiger partial charge in [0.05, 0.1) is 0 Å². The number of hydrogen-bond acceptors (Lipinski definition) is 5. The smallest absolute Gasteiger partial charge is 0.426 e. The van der Waals surface area contributed by atoms with E-state index in [1.54, 1.807) is 60.7 Å². The SMILES string of the molecule is O=C(c1ccccc1)[C@H]1OC(=O)N(S(=O)(=O)Cl)[C@@H]1c1ccccc1. The van der Waals surface area contributed by atoms with Crippen LogP contribution < -0.4 is 0 Å². The molecule has 1 fully saturated rings. The van der Waals surface area contributed by atoms with E-state index in [1.807, 2.05) is 0 Å². The number of hydrogen-bond donors (Lipinski definition) is 0. The van der Waals surface area contributed by atoms with Crippen molar-refractivity contribution in [3.63, 3.8) is 0 Å². The predicted octanol–water partition coefficient (Wildman–Crippen LogP) is 2.92. The molecule has 0 bridgehead atoms. The van der Waals surface area contributed by atoms with E-state index in [1.165, 1.54) is 0 Å². The van der Waals surface area contributed by atoms with Crippen molar-refractivity contribution in [3.8, 4) is 0 Å². The van der Waals surface area contributed by atoms with Gasteiger partial charge in [0, 0.05) is 16.2 Å². The highest BCUT2D eigenvalue weighted by Crippen LogP contribution is 2.38. The summed E-state index contributed by atoms with van der Waals surface area (Å²) >= 11 is 0. The molecule has 1 amide bonds. The van der Waals surface area contributed by atoms with Gasteiger partial charge in [-0.15, -0.1) is 0 Å². The molecule has 24 heavy (non-hydrogen) atoms. The lowest BCUT2D eigenvalue weighted by Gasteiger charge is -2.21. The first kappa shape index (κ1) is 16.5. The van der Waals surface area contributed by atoms with Crippen LogP contribution in [-0.4, -0.2) is 30.7 Å². The van der Waals surface area contributed by atoms with E-state index in [9.17, 15) is 18.0 Å². The third kappa shape index (κ3) is 3.00. The highest BCUT2D eigenvalue weighted by molar-refractivity contribution is 8.12. The molecule has 6 nitrogen and oxygen atoms in total. The van der Waals surface area contributed by atoms with Crippen LogP contribution in [0.1, 0.15) is 22.0 Å². The second-order valence-corrected chi connectivity index (χ2v) is 7.52. The highest BCUT2D eigenvalue weighted by Gasteiger charge is 2.51. The minimum absolute atomic E-state index is 0.310. The summed E-state index contributed by atoms with van der Waals surface area (Å²) in [5.74, 6) is -0.499. The minimum atomic E-state index is -4.42.